The number of hydrogen-bond donors (Lipinski definition) is 4. The Balaban J connectivity index is 1.30. The van der Waals surface area contributed by atoms with Crippen molar-refractivity contribution in [3.05, 3.63) is 59.7 Å². The zero-order valence-electron chi connectivity index (χ0n) is 26.2. The molecule has 10 heterocycles. The van der Waals surface area contributed by atoms with Gasteiger partial charge in [-0.1, -0.05) is 36.4 Å². The Hall–Kier alpha value is -1.36. The van der Waals surface area contributed by atoms with Crippen molar-refractivity contribution in [1.82, 2.24) is 19.6 Å². The van der Waals surface area contributed by atoms with Crippen LogP contribution in [0.25, 0.3) is 0 Å². The number of nitrogens with zero attached hydrogens (tertiary/aromatic N) is 4. The molecule has 4 amide bonds. The number of likely N-dealkylation sites (N-methyl/N-ethyl adjacent to an activating group) is 2. The number of para-hydroxylation sites is 2. The summed E-state index contributed by atoms with van der Waals surface area (Å²) in [7, 11) is 13.9. The van der Waals surface area contributed by atoms with Crippen molar-refractivity contribution in [2.45, 2.75) is 55.5 Å². The Morgan fingerprint density at radius 3 is 1.40 bits per heavy atom. The van der Waals surface area contributed by atoms with Crippen LogP contribution in [0.2, 0.25) is 0 Å². The molecule has 10 aliphatic rings. The second-order valence-electron chi connectivity index (χ2n) is 13.6. The normalized spacial score (nSPS) is 42.2. The average Bonchev–Trinajstić information content (AvgIpc) is 3.80. The lowest BCUT2D eigenvalue weighted by atomic mass is 9.54. The maximum absolute atomic E-state index is 15.1. The third-order valence-electron chi connectivity index (χ3n) is 12.1. The Morgan fingerprint density at radius 2 is 1.00 bits per heavy atom. The number of fused-ring (bicyclic) bond motifs is 15. The van der Waals surface area contributed by atoms with Crippen molar-refractivity contribution < 1.29 is 29.4 Å². The molecule has 8 atom stereocenters. The number of carbonyl (C=O) groups is 4. The topological polar surface area (TPSA) is 146 Å². The summed E-state index contributed by atoms with van der Waals surface area (Å²) in [6, 6.07) is 15.8. The smallest absolute Gasteiger partial charge is 0.265 e. The number of benzene rings is 2. The third kappa shape index (κ3) is 3.38. The van der Waals surface area contributed by atoms with E-state index in [0.29, 0.717) is 0 Å². The molecule has 2 spiro atoms. The lowest BCUT2D eigenvalue weighted by Gasteiger charge is -2.54. The van der Waals surface area contributed by atoms with Crippen LogP contribution in [0.1, 0.15) is 24.0 Å². The fourth-order valence-corrected chi connectivity index (χ4v) is 25.3. The summed E-state index contributed by atoms with van der Waals surface area (Å²) in [4.78, 5) is 60.6. The van der Waals surface area contributed by atoms with Gasteiger partial charge in [-0.2, -0.15) is 0 Å². The number of amides is 4. The molecule has 8 saturated heterocycles. The number of aliphatic hydroxyl groups excluding tert-OH is 2. The fraction of sp³-hybridized carbons (Fsp3) is 0.467. The van der Waals surface area contributed by atoms with Gasteiger partial charge in [-0.05, 0) is 106 Å². The number of carbonyl (C=O) groups excluding carboxylic acids is 4. The maximum atomic E-state index is 15.1. The largest absolute Gasteiger partial charge is 0.392 e. The van der Waals surface area contributed by atoms with Gasteiger partial charge in [0.25, 0.3) is 23.6 Å². The van der Waals surface area contributed by atoms with Gasteiger partial charge in [0.05, 0.1) is 24.0 Å². The molecule has 2 aromatic rings. The summed E-state index contributed by atoms with van der Waals surface area (Å²) in [6.45, 7) is -1.12. The van der Waals surface area contributed by atoms with E-state index >= 15 is 9.59 Å². The number of aliphatic hydroxyl groups is 2. The van der Waals surface area contributed by atoms with Crippen molar-refractivity contribution >= 4 is 117 Å². The van der Waals surface area contributed by atoms with E-state index in [4.69, 9.17) is 0 Å². The van der Waals surface area contributed by atoms with Gasteiger partial charge in [0.1, 0.15) is 12.3 Å². The fourth-order valence-electron chi connectivity index (χ4n) is 9.92. The zero-order valence-corrected chi connectivity index (χ0v) is 32.7. The molecule has 0 aliphatic carbocycles. The highest BCUT2D eigenvalue weighted by Gasteiger charge is 2.86. The molecule has 4 N–H and O–H groups in total. The quantitative estimate of drug-likeness (QED) is 0.332. The highest BCUT2D eigenvalue weighted by atomic mass is 33.7. The average molecular weight is 825 g/mol. The molecule has 262 valence electrons. The predicted molar refractivity (Wildman–Crippen MR) is 205 cm³/mol. The van der Waals surface area contributed by atoms with E-state index in [9.17, 15) is 19.8 Å². The van der Waals surface area contributed by atoms with E-state index in [1.54, 1.807) is 23.9 Å². The predicted octanol–water partition coefficient (Wildman–Crippen LogP) is 3.93. The highest BCUT2D eigenvalue weighted by Crippen LogP contribution is 2.78. The van der Waals surface area contributed by atoms with Crippen LogP contribution in [0.15, 0.2) is 48.5 Å². The first-order chi connectivity index (χ1) is 24.1. The second-order valence-corrected chi connectivity index (χ2v) is 26.1. The molecule has 0 saturated carbocycles. The van der Waals surface area contributed by atoms with Gasteiger partial charge in [0.15, 0.2) is 9.74 Å². The van der Waals surface area contributed by atoms with Crippen molar-refractivity contribution in [1.29, 1.82) is 0 Å². The minimum absolute atomic E-state index is 0.190. The molecule has 8 fully saturated rings. The van der Waals surface area contributed by atoms with Gasteiger partial charge in [-0.25, -0.2) is 0 Å². The van der Waals surface area contributed by atoms with Gasteiger partial charge in [-0.15, -0.1) is 0 Å². The molecule has 20 heteroatoms. The number of anilines is 2. The summed E-state index contributed by atoms with van der Waals surface area (Å²) in [5.41, 5.74) is 1.29. The Kier molecular flexibility index (Phi) is 7.08. The van der Waals surface area contributed by atoms with Crippen molar-refractivity contribution in [3.8, 4) is 0 Å². The van der Waals surface area contributed by atoms with Crippen LogP contribution >= 0.6 is 82.5 Å². The van der Waals surface area contributed by atoms with Gasteiger partial charge in [0.2, 0.25) is 9.74 Å². The van der Waals surface area contributed by atoms with Crippen LogP contribution in [-0.4, -0.2) is 113 Å². The minimum atomic E-state index is -1.54. The van der Waals surface area contributed by atoms with Gasteiger partial charge in [-0.3, -0.25) is 29.0 Å². The third-order valence-corrected chi connectivity index (χ3v) is 26.7. The molecule has 12 rings (SSSR count). The minimum Gasteiger partial charge on any atom is -0.392 e. The molecule has 0 radical (unpaired) electrons. The van der Waals surface area contributed by atoms with E-state index < -0.39 is 55.9 Å². The summed E-state index contributed by atoms with van der Waals surface area (Å²) < 4.78 is 0. The van der Waals surface area contributed by atoms with Gasteiger partial charge in [0, 0.05) is 38.3 Å². The molecule has 50 heavy (non-hydrogen) atoms. The molecule has 10 aliphatic heterocycles. The van der Waals surface area contributed by atoms with Crippen molar-refractivity contribution in [3.63, 3.8) is 0 Å². The molecule has 0 aromatic heterocycles. The van der Waals surface area contributed by atoms with Crippen LogP contribution in [0.5, 0.6) is 0 Å². The highest BCUT2D eigenvalue weighted by molar-refractivity contribution is 9.27. The summed E-state index contributed by atoms with van der Waals surface area (Å²) in [6.07, 6.45) is -1.18. The molecule has 0 unspecified atom stereocenters. The molecule has 2 aromatic carbocycles. The van der Waals surface area contributed by atoms with Crippen LogP contribution < -0.4 is 10.6 Å². The second kappa shape index (κ2) is 10.7. The molecular formula is C30H28N6O6S8. The molecular weight excluding hydrogens is 797 g/mol. The standard InChI is InChI=1S/C30H28N6O6S8/c1-33-21(39)27-11-25(15-7-3-5-9-17(15)31-19(25)35(27)23(41)29(33,13-37)45-49-47-43-27)26-12-28-22(40)34(2)30(14-38,46-50-48-44-28)24(42)36(28)20(26)32-18-10-6-4-8-16(18)26/h3-10,19-20,31-32,37-38H,11-14H2,1-2H3/t19-,20-,25+,26+,27+,28+,29+,30+/m1/s1. The van der Waals surface area contributed by atoms with E-state index in [2.05, 4.69) is 10.6 Å². The number of hydrogen-bond acceptors (Lipinski definition) is 16. The Bertz CT molecular complexity index is 1820. The Labute approximate surface area is 317 Å². The summed E-state index contributed by atoms with van der Waals surface area (Å²) in [5, 5.41) is 29.2. The van der Waals surface area contributed by atoms with E-state index in [1.807, 2.05) is 48.5 Å². The zero-order chi connectivity index (χ0) is 34.6. The summed E-state index contributed by atoms with van der Waals surface area (Å²) >= 11 is 0. The maximum Gasteiger partial charge on any atom is 0.265 e. The lowest BCUT2D eigenvalue weighted by Crippen LogP contribution is -2.75. The molecule has 12 nitrogen and oxygen atoms in total. The SMILES string of the molecule is CN1C(=O)[C@@]23C[C@]4([C@]56C[C@@]78SSSS[C@@](CO)(C(=O)N7[C@H]5Nc5ccccc56)N(C)C8=O)c5ccccc5N[C@@H]4N2C(=O)[C@]1(CO)SSSS3. The van der Waals surface area contributed by atoms with E-state index in [1.165, 1.54) is 92.3 Å². The van der Waals surface area contributed by atoms with Gasteiger partial charge < -0.3 is 30.6 Å². The number of nitrogens with one attached hydrogen (secondary N) is 2. The first-order valence-corrected chi connectivity index (χ1v) is 25.3. The van der Waals surface area contributed by atoms with Gasteiger partial charge >= 0.3 is 0 Å². The first-order valence-electron chi connectivity index (χ1n) is 15.6. The number of piperazine rings is 2. The van der Waals surface area contributed by atoms with E-state index in [-0.39, 0.29) is 36.5 Å². The lowest BCUT2D eigenvalue weighted by molar-refractivity contribution is -0.166. The number of rotatable bonds is 3. The van der Waals surface area contributed by atoms with Crippen LogP contribution in [-0.2, 0) is 30.0 Å². The summed E-state index contributed by atoms with van der Waals surface area (Å²) in [5.74, 6) is -1.27. The first kappa shape index (κ1) is 33.2. The molecule has 4 bridgehead atoms. The van der Waals surface area contributed by atoms with Crippen molar-refractivity contribution in [2.75, 3.05) is 37.9 Å². The van der Waals surface area contributed by atoms with Crippen molar-refractivity contribution in [2.24, 2.45) is 0 Å². The Morgan fingerprint density at radius 1 is 0.620 bits per heavy atom. The van der Waals surface area contributed by atoms with E-state index in [0.717, 1.165) is 22.5 Å². The van der Waals surface area contributed by atoms with Crippen LogP contribution in [0.4, 0.5) is 11.4 Å². The monoisotopic (exact) mass is 824 g/mol. The van der Waals surface area contributed by atoms with Crippen LogP contribution in [0.3, 0.4) is 0 Å². The van der Waals surface area contributed by atoms with Crippen LogP contribution in [0, 0.1) is 0 Å².